The topological polar surface area (TPSA) is 49.4 Å². The molecule has 0 saturated carbocycles. The van der Waals surface area contributed by atoms with Crippen molar-refractivity contribution >= 4 is 23.4 Å². The van der Waals surface area contributed by atoms with Gasteiger partial charge < -0.3 is 10.2 Å². The fraction of sp³-hybridized carbons (Fsp3) is 0.300. The summed E-state index contributed by atoms with van der Waals surface area (Å²) in [6.45, 7) is 4.02. The summed E-state index contributed by atoms with van der Waals surface area (Å²) in [6, 6.07) is 14.6. The van der Waals surface area contributed by atoms with Gasteiger partial charge in [-0.15, -0.1) is 0 Å². The Labute approximate surface area is 153 Å². The summed E-state index contributed by atoms with van der Waals surface area (Å²) >= 11 is 6.23. The smallest absolute Gasteiger partial charge is 0.242 e. The van der Waals surface area contributed by atoms with Crippen molar-refractivity contribution in [2.45, 2.75) is 32.9 Å². The molecule has 0 spiro atoms. The second-order valence-corrected chi connectivity index (χ2v) is 6.47. The summed E-state index contributed by atoms with van der Waals surface area (Å²) in [5.74, 6) is -0.316. The Morgan fingerprint density at radius 3 is 2.36 bits per heavy atom. The van der Waals surface area contributed by atoms with Crippen molar-refractivity contribution in [2.24, 2.45) is 0 Å². The number of benzene rings is 2. The number of amides is 2. The molecule has 0 bridgehead atoms. The lowest BCUT2D eigenvalue weighted by Gasteiger charge is -2.28. The molecule has 1 atom stereocenters. The maximum absolute atomic E-state index is 12.9. The van der Waals surface area contributed by atoms with Crippen LogP contribution in [-0.2, 0) is 22.6 Å². The molecule has 0 aliphatic heterocycles. The number of carbonyl (C=O) groups is 2. The van der Waals surface area contributed by atoms with E-state index in [0.29, 0.717) is 11.6 Å². The number of rotatable bonds is 6. The van der Waals surface area contributed by atoms with Crippen molar-refractivity contribution in [1.29, 1.82) is 0 Å². The third kappa shape index (κ3) is 5.07. The van der Waals surface area contributed by atoms with Crippen molar-refractivity contribution in [3.8, 4) is 0 Å². The molecule has 2 rings (SSSR count). The van der Waals surface area contributed by atoms with Crippen LogP contribution in [0.2, 0.25) is 5.02 Å². The zero-order chi connectivity index (χ0) is 18.4. The Hall–Kier alpha value is -2.33. The van der Waals surface area contributed by atoms with E-state index in [-0.39, 0.29) is 18.2 Å². The lowest BCUT2D eigenvalue weighted by atomic mass is 10.1. The summed E-state index contributed by atoms with van der Waals surface area (Å²) in [5, 5.41) is 3.19. The van der Waals surface area contributed by atoms with E-state index in [0.717, 1.165) is 16.7 Å². The minimum absolute atomic E-state index is 0.111. The van der Waals surface area contributed by atoms with Gasteiger partial charge in [0.1, 0.15) is 6.04 Å². The highest BCUT2D eigenvalue weighted by Gasteiger charge is 2.26. The van der Waals surface area contributed by atoms with Crippen LogP contribution in [0.5, 0.6) is 0 Å². The van der Waals surface area contributed by atoms with E-state index in [1.54, 1.807) is 24.9 Å². The van der Waals surface area contributed by atoms with Gasteiger partial charge in [0, 0.05) is 18.6 Å². The van der Waals surface area contributed by atoms with Crippen LogP contribution in [0.25, 0.3) is 0 Å². The number of likely N-dealkylation sites (N-methyl/N-ethyl adjacent to an activating group) is 1. The fourth-order valence-electron chi connectivity index (χ4n) is 2.58. The molecule has 1 N–H and O–H groups in total. The van der Waals surface area contributed by atoms with Gasteiger partial charge in [-0.1, -0.05) is 59.6 Å². The molecule has 0 fully saturated rings. The van der Waals surface area contributed by atoms with Crippen molar-refractivity contribution in [1.82, 2.24) is 10.2 Å². The van der Waals surface area contributed by atoms with E-state index in [1.807, 2.05) is 49.4 Å². The predicted molar refractivity (Wildman–Crippen MR) is 100 cm³/mol. The van der Waals surface area contributed by atoms with E-state index < -0.39 is 6.04 Å². The zero-order valence-electron chi connectivity index (χ0n) is 14.8. The molecule has 0 unspecified atom stereocenters. The largest absolute Gasteiger partial charge is 0.357 e. The highest BCUT2D eigenvalue weighted by Crippen LogP contribution is 2.19. The van der Waals surface area contributed by atoms with E-state index in [4.69, 9.17) is 11.6 Å². The average molecular weight is 359 g/mol. The van der Waals surface area contributed by atoms with E-state index in [2.05, 4.69) is 5.32 Å². The van der Waals surface area contributed by atoms with Crippen LogP contribution in [0.3, 0.4) is 0 Å². The molecule has 0 aliphatic carbocycles. The monoisotopic (exact) mass is 358 g/mol. The van der Waals surface area contributed by atoms with Crippen molar-refractivity contribution in [3.05, 3.63) is 70.2 Å². The summed E-state index contributed by atoms with van der Waals surface area (Å²) in [4.78, 5) is 26.5. The molecule has 132 valence electrons. The molecule has 0 aliphatic rings. The fourth-order valence-corrected chi connectivity index (χ4v) is 2.78. The predicted octanol–water partition coefficient (Wildman–Crippen LogP) is 3.35. The van der Waals surface area contributed by atoms with Gasteiger partial charge in [0.15, 0.2) is 0 Å². The first-order valence-electron chi connectivity index (χ1n) is 8.22. The van der Waals surface area contributed by atoms with Gasteiger partial charge in [-0.3, -0.25) is 9.59 Å². The van der Waals surface area contributed by atoms with E-state index in [9.17, 15) is 9.59 Å². The zero-order valence-corrected chi connectivity index (χ0v) is 15.5. The molecule has 5 heteroatoms. The van der Waals surface area contributed by atoms with Gasteiger partial charge in [-0.25, -0.2) is 0 Å². The molecule has 0 aromatic heterocycles. The van der Waals surface area contributed by atoms with Gasteiger partial charge in [0.05, 0.1) is 6.42 Å². The Bertz CT molecular complexity index is 744. The first-order chi connectivity index (χ1) is 11.9. The minimum atomic E-state index is -0.584. The summed E-state index contributed by atoms with van der Waals surface area (Å²) in [5.41, 5.74) is 2.88. The molecule has 0 saturated heterocycles. The third-order valence-corrected chi connectivity index (χ3v) is 4.56. The molecular weight excluding hydrogens is 336 g/mol. The van der Waals surface area contributed by atoms with Crippen LogP contribution in [0.15, 0.2) is 48.5 Å². The second kappa shape index (κ2) is 8.67. The SMILES string of the molecule is CNC(=O)[C@@H](C)N(Cc1ccccc1Cl)C(=O)Cc1ccc(C)cc1. The van der Waals surface area contributed by atoms with Crippen molar-refractivity contribution in [3.63, 3.8) is 0 Å². The van der Waals surface area contributed by atoms with Crippen LogP contribution in [0.1, 0.15) is 23.6 Å². The number of aryl methyl sites for hydroxylation is 1. The van der Waals surface area contributed by atoms with Crippen LogP contribution < -0.4 is 5.32 Å². The maximum atomic E-state index is 12.9. The number of carbonyl (C=O) groups excluding carboxylic acids is 2. The van der Waals surface area contributed by atoms with E-state index >= 15 is 0 Å². The van der Waals surface area contributed by atoms with Crippen molar-refractivity contribution in [2.75, 3.05) is 7.05 Å². The highest BCUT2D eigenvalue weighted by atomic mass is 35.5. The maximum Gasteiger partial charge on any atom is 0.242 e. The molecule has 25 heavy (non-hydrogen) atoms. The molecule has 2 aromatic carbocycles. The summed E-state index contributed by atoms with van der Waals surface area (Å²) in [6.07, 6.45) is 0.242. The molecule has 2 amide bonds. The van der Waals surface area contributed by atoms with Crippen molar-refractivity contribution < 1.29 is 9.59 Å². The van der Waals surface area contributed by atoms with Gasteiger partial charge >= 0.3 is 0 Å². The molecule has 0 radical (unpaired) electrons. The average Bonchev–Trinajstić information content (AvgIpc) is 2.61. The highest BCUT2D eigenvalue weighted by molar-refractivity contribution is 6.31. The normalized spacial score (nSPS) is 11.7. The molecular formula is C20H23ClN2O2. The Balaban J connectivity index is 2.23. The third-order valence-electron chi connectivity index (χ3n) is 4.19. The quantitative estimate of drug-likeness (QED) is 0.860. The van der Waals surface area contributed by atoms with Gasteiger partial charge in [-0.2, -0.15) is 0 Å². The Morgan fingerprint density at radius 2 is 1.76 bits per heavy atom. The molecule has 4 nitrogen and oxygen atoms in total. The lowest BCUT2D eigenvalue weighted by molar-refractivity contribution is -0.139. The minimum Gasteiger partial charge on any atom is -0.357 e. The second-order valence-electron chi connectivity index (χ2n) is 6.07. The standard InChI is InChI=1S/C20H23ClN2O2/c1-14-8-10-16(11-9-14)12-19(24)23(15(2)20(25)22-3)13-17-6-4-5-7-18(17)21/h4-11,15H,12-13H2,1-3H3,(H,22,25)/t15-/m1/s1. The number of hydrogen-bond donors (Lipinski definition) is 1. The summed E-state index contributed by atoms with van der Waals surface area (Å²) < 4.78 is 0. The molecule has 0 heterocycles. The van der Waals surface area contributed by atoms with Gasteiger partial charge in [0.25, 0.3) is 0 Å². The molecule has 2 aromatic rings. The Morgan fingerprint density at radius 1 is 1.12 bits per heavy atom. The number of halogens is 1. The number of hydrogen-bond acceptors (Lipinski definition) is 2. The van der Waals surface area contributed by atoms with Crippen LogP contribution in [0.4, 0.5) is 0 Å². The van der Waals surface area contributed by atoms with Gasteiger partial charge in [-0.05, 0) is 31.0 Å². The van der Waals surface area contributed by atoms with E-state index in [1.165, 1.54) is 0 Å². The first kappa shape index (κ1) is 19.0. The Kier molecular flexibility index (Phi) is 6.59. The van der Waals surface area contributed by atoms with Gasteiger partial charge in [0.2, 0.25) is 11.8 Å². The number of nitrogens with one attached hydrogen (secondary N) is 1. The summed E-state index contributed by atoms with van der Waals surface area (Å²) in [7, 11) is 1.57. The van der Waals surface area contributed by atoms with Crippen LogP contribution in [-0.4, -0.2) is 29.8 Å². The van der Waals surface area contributed by atoms with Crippen LogP contribution in [0, 0.1) is 6.92 Å². The first-order valence-corrected chi connectivity index (χ1v) is 8.60. The van der Waals surface area contributed by atoms with Crippen LogP contribution >= 0.6 is 11.6 Å². The number of nitrogens with zero attached hydrogens (tertiary/aromatic N) is 1. The lowest BCUT2D eigenvalue weighted by Crippen LogP contribution is -2.47.